The molecular weight excluding hydrogens is 282 g/mol. The number of thiocarbonyl (C=S) groups is 1. The predicted molar refractivity (Wildman–Crippen MR) is 81.6 cm³/mol. The summed E-state index contributed by atoms with van der Waals surface area (Å²) in [6.07, 6.45) is 0.884. The summed E-state index contributed by atoms with van der Waals surface area (Å²) in [4.78, 5) is 14.5. The van der Waals surface area contributed by atoms with Crippen molar-refractivity contribution in [1.82, 2.24) is 9.80 Å². The zero-order valence-corrected chi connectivity index (χ0v) is 12.3. The van der Waals surface area contributed by atoms with Gasteiger partial charge in [-0.3, -0.25) is 4.79 Å². The van der Waals surface area contributed by atoms with Gasteiger partial charge in [-0.2, -0.15) is 0 Å². The normalized spacial score (nSPS) is 15.3. The van der Waals surface area contributed by atoms with Crippen LogP contribution < -0.4 is 5.32 Å². The fraction of sp³-hybridized carbons (Fsp3) is 0.385. The van der Waals surface area contributed by atoms with Crippen molar-refractivity contribution in [2.75, 3.05) is 31.5 Å². The molecule has 0 aliphatic carbocycles. The first-order chi connectivity index (χ1) is 9.11. The number of benzene rings is 1. The number of carbonyl (C=O) groups is 1. The van der Waals surface area contributed by atoms with Gasteiger partial charge in [-0.05, 0) is 36.8 Å². The summed E-state index contributed by atoms with van der Waals surface area (Å²) in [6.45, 7) is 4.88. The molecule has 0 spiro atoms. The van der Waals surface area contributed by atoms with E-state index >= 15 is 0 Å². The maximum atomic E-state index is 10.7. The second-order valence-electron chi connectivity index (χ2n) is 4.47. The molecule has 0 atom stereocenters. The highest BCUT2D eigenvalue weighted by Gasteiger charge is 2.18. The number of hydrogen-bond donors (Lipinski definition) is 1. The highest BCUT2D eigenvalue weighted by Crippen LogP contribution is 2.23. The van der Waals surface area contributed by atoms with Crippen LogP contribution in [0.2, 0.25) is 5.02 Å². The van der Waals surface area contributed by atoms with E-state index in [0.717, 1.165) is 35.8 Å². The van der Waals surface area contributed by atoms with Crippen LogP contribution in [0.25, 0.3) is 0 Å². The largest absolute Gasteiger partial charge is 0.345 e. The molecule has 19 heavy (non-hydrogen) atoms. The zero-order valence-electron chi connectivity index (χ0n) is 10.7. The number of nitrogens with one attached hydrogen (secondary N) is 1. The second kappa shape index (κ2) is 6.21. The first kappa shape index (κ1) is 14.1. The molecule has 2 rings (SSSR count). The van der Waals surface area contributed by atoms with Crippen LogP contribution in [-0.4, -0.2) is 47.5 Å². The van der Waals surface area contributed by atoms with Crippen molar-refractivity contribution in [3.05, 3.63) is 28.8 Å². The molecule has 1 saturated heterocycles. The Labute approximate surface area is 123 Å². The summed E-state index contributed by atoms with van der Waals surface area (Å²) in [5.74, 6) is 0. The lowest BCUT2D eigenvalue weighted by Gasteiger charge is -2.34. The van der Waals surface area contributed by atoms with Crippen LogP contribution in [0.5, 0.6) is 0 Å². The van der Waals surface area contributed by atoms with Gasteiger partial charge in [-0.1, -0.05) is 17.7 Å². The summed E-state index contributed by atoms with van der Waals surface area (Å²) in [5, 5.41) is 4.62. The number of hydrogen-bond acceptors (Lipinski definition) is 2. The van der Waals surface area contributed by atoms with Crippen molar-refractivity contribution in [3.8, 4) is 0 Å². The average molecular weight is 298 g/mol. The number of rotatable bonds is 2. The van der Waals surface area contributed by atoms with Crippen molar-refractivity contribution in [2.24, 2.45) is 0 Å². The minimum absolute atomic E-state index is 0.677. The molecule has 0 unspecified atom stereocenters. The van der Waals surface area contributed by atoms with Gasteiger partial charge in [0.25, 0.3) is 0 Å². The summed E-state index contributed by atoms with van der Waals surface area (Å²) >= 11 is 11.5. The molecule has 0 radical (unpaired) electrons. The van der Waals surface area contributed by atoms with Gasteiger partial charge in [0.15, 0.2) is 5.11 Å². The minimum Gasteiger partial charge on any atom is -0.345 e. The quantitative estimate of drug-likeness (QED) is 0.670. The maximum Gasteiger partial charge on any atom is 0.209 e. The van der Waals surface area contributed by atoms with Crippen molar-refractivity contribution in [2.45, 2.75) is 6.92 Å². The molecule has 1 aromatic carbocycles. The van der Waals surface area contributed by atoms with E-state index < -0.39 is 0 Å². The molecule has 1 amide bonds. The fourth-order valence-electron chi connectivity index (χ4n) is 1.97. The molecule has 6 heteroatoms. The van der Waals surface area contributed by atoms with E-state index in [-0.39, 0.29) is 0 Å². The van der Waals surface area contributed by atoms with Crippen molar-refractivity contribution in [3.63, 3.8) is 0 Å². The van der Waals surface area contributed by atoms with Crippen molar-refractivity contribution in [1.29, 1.82) is 0 Å². The third-order valence-corrected chi connectivity index (χ3v) is 4.03. The van der Waals surface area contributed by atoms with E-state index in [1.807, 2.05) is 25.1 Å². The van der Waals surface area contributed by atoms with E-state index in [1.165, 1.54) is 0 Å². The Kier molecular flexibility index (Phi) is 4.61. The molecule has 0 bridgehead atoms. The van der Waals surface area contributed by atoms with Gasteiger partial charge in [0.05, 0.1) is 0 Å². The van der Waals surface area contributed by atoms with E-state index in [1.54, 1.807) is 4.90 Å². The van der Waals surface area contributed by atoms with Gasteiger partial charge in [-0.25, -0.2) is 0 Å². The summed E-state index contributed by atoms with van der Waals surface area (Å²) in [7, 11) is 0. The van der Waals surface area contributed by atoms with Gasteiger partial charge < -0.3 is 15.1 Å². The third-order valence-electron chi connectivity index (χ3n) is 3.26. The number of anilines is 1. The minimum atomic E-state index is 0.677. The van der Waals surface area contributed by atoms with E-state index in [4.69, 9.17) is 23.8 Å². The van der Waals surface area contributed by atoms with Crippen LogP contribution >= 0.6 is 23.8 Å². The first-order valence-electron chi connectivity index (χ1n) is 6.12. The van der Waals surface area contributed by atoms with E-state index in [9.17, 15) is 4.79 Å². The average Bonchev–Trinajstić information content (AvgIpc) is 2.44. The lowest BCUT2D eigenvalue weighted by molar-refractivity contribution is -0.119. The highest BCUT2D eigenvalue weighted by molar-refractivity contribution is 7.80. The summed E-state index contributed by atoms with van der Waals surface area (Å²) in [5.41, 5.74) is 1.91. The Balaban J connectivity index is 1.98. The van der Waals surface area contributed by atoms with E-state index in [0.29, 0.717) is 18.2 Å². The molecular formula is C13H16ClN3OS. The lowest BCUT2D eigenvalue weighted by Crippen LogP contribution is -2.49. The monoisotopic (exact) mass is 297 g/mol. The maximum absolute atomic E-state index is 10.7. The van der Waals surface area contributed by atoms with Gasteiger partial charge >= 0.3 is 0 Å². The van der Waals surface area contributed by atoms with E-state index in [2.05, 4.69) is 10.2 Å². The predicted octanol–water partition coefficient (Wildman–Crippen LogP) is 2.12. The fourth-order valence-corrected chi connectivity index (χ4v) is 2.43. The molecule has 1 fully saturated rings. The van der Waals surface area contributed by atoms with Crippen LogP contribution in [0.3, 0.4) is 0 Å². The topological polar surface area (TPSA) is 35.6 Å². The number of carbonyl (C=O) groups excluding carboxylic acids is 1. The van der Waals surface area contributed by atoms with Gasteiger partial charge in [0, 0.05) is 36.9 Å². The molecule has 0 aromatic heterocycles. The number of nitrogens with zero attached hydrogens (tertiary/aromatic N) is 2. The highest BCUT2D eigenvalue weighted by atomic mass is 35.5. The van der Waals surface area contributed by atoms with Crippen LogP contribution in [-0.2, 0) is 4.79 Å². The number of amides is 1. The smallest absolute Gasteiger partial charge is 0.209 e. The molecule has 1 aliphatic rings. The molecule has 0 saturated carbocycles. The van der Waals surface area contributed by atoms with Gasteiger partial charge in [0.2, 0.25) is 6.41 Å². The second-order valence-corrected chi connectivity index (χ2v) is 5.26. The number of halogens is 1. The molecule has 4 nitrogen and oxygen atoms in total. The first-order valence-corrected chi connectivity index (χ1v) is 6.91. The van der Waals surface area contributed by atoms with Crippen molar-refractivity contribution < 1.29 is 4.79 Å². The lowest BCUT2D eigenvalue weighted by atomic mass is 10.2. The Morgan fingerprint density at radius 3 is 2.68 bits per heavy atom. The van der Waals surface area contributed by atoms with Crippen LogP contribution in [0.1, 0.15) is 5.56 Å². The molecule has 1 heterocycles. The Bertz CT molecular complexity index is 487. The standard InChI is InChI=1S/C13H16ClN3OS/c1-10-11(14)3-2-4-12(10)15-13(19)17-7-5-16(9-18)6-8-17/h2-4,9H,5-8H2,1H3,(H,15,19). The third kappa shape index (κ3) is 3.36. The summed E-state index contributed by atoms with van der Waals surface area (Å²) in [6, 6.07) is 5.70. The summed E-state index contributed by atoms with van der Waals surface area (Å²) < 4.78 is 0. The Morgan fingerprint density at radius 2 is 2.05 bits per heavy atom. The number of piperazine rings is 1. The SMILES string of the molecule is Cc1c(Cl)cccc1NC(=S)N1CCN(C=O)CC1. The van der Waals surface area contributed by atoms with Gasteiger partial charge in [0.1, 0.15) is 0 Å². The van der Waals surface area contributed by atoms with Crippen molar-refractivity contribution >= 4 is 41.0 Å². The van der Waals surface area contributed by atoms with Crippen LogP contribution in [0, 0.1) is 6.92 Å². The Morgan fingerprint density at radius 1 is 1.37 bits per heavy atom. The molecule has 102 valence electrons. The van der Waals surface area contributed by atoms with Gasteiger partial charge in [-0.15, -0.1) is 0 Å². The molecule has 1 aliphatic heterocycles. The molecule has 1 N–H and O–H groups in total. The van der Waals surface area contributed by atoms with Crippen LogP contribution in [0.4, 0.5) is 5.69 Å². The molecule has 1 aromatic rings. The van der Waals surface area contributed by atoms with Crippen LogP contribution in [0.15, 0.2) is 18.2 Å². The zero-order chi connectivity index (χ0) is 13.8. The Hall–Kier alpha value is -1.33.